The molecule has 0 atom stereocenters. The average molecular weight is 162 g/mol. The van der Waals surface area contributed by atoms with Crippen LogP contribution in [0, 0.1) is 13.8 Å². The highest BCUT2D eigenvalue weighted by atomic mass is 15.0. The summed E-state index contributed by atoms with van der Waals surface area (Å²) in [4.78, 5) is 11.3. The maximum absolute atomic E-state index is 5.73. The van der Waals surface area contributed by atoms with Gasteiger partial charge in [-0.1, -0.05) is 0 Å². The minimum absolute atomic E-state index is 0.552. The van der Waals surface area contributed by atoms with E-state index >= 15 is 0 Å². The summed E-state index contributed by atoms with van der Waals surface area (Å²) < 4.78 is 0. The summed E-state index contributed by atoms with van der Waals surface area (Å²) in [5.74, 6) is 1.25. The van der Waals surface area contributed by atoms with E-state index in [1.165, 1.54) is 0 Å². The van der Waals surface area contributed by atoms with Gasteiger partial charge in [0.1, 0.15) is 17.3 Å². The van der Waals surface area contributed by atoms with E-state index < -0.39 is 0 Å². The predicted octanol–water partition coefficient (Wildman–Crippen LogP) is 1.16. The van der Waals surface area contributed by atoms with Crippen molar-refractivity contribution in [1.29, 1.82) is 0 Å². The van der Waals surface area contributed by atoms with Gasteiger partial charge in [0.05, 0.1) is 5.39 Å². The zero-order valence-corrected chi connectivity index (χ0v) is 7.05. The predicted molar refractivity (Wildman–Crippen MR) is 47.8 cm³/mol. The first-order chi connectivity index (χ1) is 5.68. The molecule has 0 saturated heterocycles. The fourth-order valence-corrected chi connectivity index (χ4v) is 1.34. The lowest BCUT2D eigenvalue weighted by Gasteiger charge is -1.97. The number of aromatic nitrogens is 3. The molecule has 0 unspecified atom stereocenters. The van der Waals surface area contributed by atoms with Crippen LogP contribution in [-0.4, -0.2) is 15.0 Å². The van der Waals surface area contributed by atoms with Crippen molar-refractivity contribution in [2.24, 2.45) is 0 Å². The molecule has 0 aliphatic heterocycles. The fourth-order valence-electron chi connectivity index (χ4n) is 1.34. The van der Waals surface area contributed by atoms with Gasteiger partial charge in [-0.2, -0.15) is 0 Å². The van der Waals surface area contributed by atoms with Gasteiger partial charge in [-0.05, 0) is 19.4 Å². The number of aromatic amines is 1. The van der Waals surface area contributed by atoms with Crippen molar-refractivity contribution >= 4 is 16.9 Å². The Bertz CT molecular complexity index is 430. The molecular formula is C8H10N4. The minimum Gasteiger partial charge on any atom is -0.383 e. The van der Waals surface area contributed by atoms with Crippen LogP contribution in [0.5, 0.6) is 0 Å². The van der Waals surface area contributed by atoms with Crippen molar-refractivity contribution in [1.82, 2.24) is 15.0 Å². The average Bonchev–Trinajstić information content (AvgIpc) is 2.31. The van der Waals surface area contributed by atoms with Crippen LogP contribution in [0.3, 0.4) is 0 Å². The number of hydrogen-bond donors (Lipinski definition) is 2. The number of nitrogens with two attached hydrogens (primary N) is 1. The molecular weight excluding hydrogens is 152 g/mol. The van der Waals surface area contributed by atoms with E-state index in [2.05, 4.69) is 15.0 Å². The number of nitrogens with zero attached hydrogens (tertiary/aromatic N) is 2. The molecule has 0 aromatic carbocycles. The molecule has 0 radical (unpaired) electrons. The number of anilines is 1. The van der Waals surface area contributed by atoms with Crippen LogP contribution in [0.4, 0.5) is 5.82 Å². The molecule has 0 fully saturated rings. The summed E-state index contributed by atoms with van der Waals surface area (Å²) in [6, 6.07) is 0. The Morgan fingerprint density at radius 1 is 1.33 bits per heavy atom. The third kappa shape index (κ3) is 0.845. The molecule has 0 bridgehead atoms. The highest BCUT2D eigenvalue weighted by Crippen LogP contribution is 2.20. The second-order valence-electron chi connectivity index (χ2n) is 2.85. The van der Waals surface area contributed by atoms with Gasteiger partial charge in [0.15, 0.2) is 0 Å². The first-order valence-corrected chi connectivity index (χ1v) is 3.76. The number of fused-ring (bicyclic) bond motifs is 1. The highest BCUT2D eigenvalue weighted by molar-refractivity contribution is 5.89. The lowest BCUT2D eigenvalue weighted by Crippen LogP contribution is -1.96. The van der Waals surface area contributed by atoms with Crippen LogP contribution >= 0.6 is 0 Å². The zero-order valence-electron chi connectivity index (χ0n) is 7.05. The van der Waals surface area contributed by atoms with Crippen LogP contribution in [0.15, 0.2) is 6.20 Å². The molecule has 12 heavy (non-hydrogen) atoms. The largest absolute Gasteiger partial charge is 0.383 e. The smallest absolute Gasteiger partial charge is 0.143 e. The molecule has 2 aromatic heterocycles. The van der Waals surface area contributed by atoms with Gasteiger partial charge >= 0.3 is 0 Å². The van der Waals surface area contributed by atoms with Gasteiger partial charge < -0.3 is 10.7 Å². The van der Waals surface area contributed by atoms with Crippen molar-refractivity contribution in [3.8, 4) is 0 Å². The summed E-state index contributed by atoms with van der Waals surface area (Å²) in [6.07, 6.45) is 1.88. The third-order valence-electron chi connectivity index (χ3n) is 1.87. The Kier molecular flexibility index (Phi) is 1.30. The molecule has 3 N–H and O–H groups in total. The Balaban J connectivity index is 2.93. The number of rotatable bonds is 0. The number of aryl methyl sites for hydroxylation is 2. The van der Waals surface area contributed by atoms with Crippen molar-refractivity contribution < 1.29 is 0 Å². The van der Waals surface area contributed by atoms with Crippen molar-refractivity contribution in [3.05, 3.63) is 17.6 Å². The normalized spacial score (nSPS) is 10.8. The summed E-state index contributed by atoms with van der Waals surface area (Å²) in [6.45, 7) is 3.81. The van der Waals surface area contributed by atoms with Crippen molar-refractivity contribution in [2.75, 3.05) is 5.73 Å². The number of hydrogen-bond acceptors (Lipinski definition) is 3. The molecule has 0 saturated carbocycles. The van der Waals surface area contributed by atoms with E-state index in [-0.39, 0.29) is 0 Å². The standard InChI is InChI=1S/C8H10N4/c1-4-3-10-8-6(4)7(9)11-5(2)12-8/h3H,1-2H3,(H3,9,10,11,12). The van der Waals surface area contributed by atoms with E-state index in [9.17, 15) is 0 Å². The number of H-pyrrole nitrogens is 1. The quantitative estimate of drug-likeness (QED) is 0.610. The van der Waals surface area contributed by atoms with E-state index in [0.717, 1.165) is 16.6 Å². The Labute approximate surface area is 69.8 Å². The SMILES string of the molecule is Cc1nc(N)c2c(C)c[nH]c2n1. The molecule has 2 aromatic rings. The number of nitrogen functional groups attached to an aromatic ring is 1. The fraction of sp³-hybridized carbons (Fsp3) is 0.250. The Morgan fingerprint density at radius 2 is 2.08 bits per heavy atom. The molecule has 4 nitrogen and oxygen atoms in total. The Hall–Kier alpha value is -1.58. The lowest BCUT2D eigenvalue weighted by molar-refractivity contribution is 1.09. The van der Waals surface area contributed by atoms with Crippen LogP contribution in [0.1, 0.15) is 11.4 Å². The summed E-state index contributed by atoms with van der Waals surface area (Å²) in [5, 5.41) is 0.931. The van der Waals surface area contributed by atoms with Gasteiger partial charge in [-0.25, -0.2) is 9.97 Å². The number of nitrogens with one attached hydrogen (secondary N) is 1. The maximum atomic E-state index is 5.73. The van der Waals surface area contributed by atoms with Gasteiger partial charge in [0.2, 0.25) is 0 Å². The van der Waals surface area contributed by atoms with Crippen molar-refractivity contribution in [3.63, 3.8) is 0 Å². The molecule has 0 aliphatic rings. The van der Waals surface area contributed by atoms with Gasteiger partial charge in [-0.3, -0.25) is 0 Å². The maximum Gasteiger partial charge on any atom is 0.143 e. The van der Waals surface area contributed by atoms with E-state index in [1.807, 2.05) is 20.0 Å². The van der Waals surface area contributed by atoms with Crippen molar-refractivity contribution in [2.45, 2.75) is 13.8 Å². The van der Waals surface area contributed by atoms with Gasteiger partial charge in [-0.15, -0.1) is 0 Å². The zero-order chi connectivity index (χ0) is 8.72. The molecule has 62 valence electrons. The van der Waals surface area contributed by atoms with E-state index in [4.69, 9.17) is 5.73 Å². The van der Waals surface area contributed by atoms with Gasteiger partial charge in [0, 0.05) is 6.20 Å². The first-order valence-electron chi connectivity index (χ1n) is 3.76. The second-order valence-corrected chi connectivity index (χ2v) is 2.85. The van der Waals surface area contributed by atoms with Crippen LogP contribution < -0.4 is 5.73 Å². The third-order valence-corrected chi connectivity index (χ3v) is 1.87. The second kappa shape index (κ2) is 2.20. The highest BCUT2D eigenvalue weighted by Gasteiger charge is 2.05. The van der Waals surface area contributed by atoms with E-state index in [1.54, 1.807) is 0 Å². The Morgan fingerprint density at radius 3 is 2.83 bits per heavy atom. The molecule has 0 aliphatic carbocycles. The molecule has 2 rings (SSSR count). The summed E-state index contributed by atoms with van der Waals surface area (Å²) >= 11 is 0. The van der Waals surface area contributed by atoms with Crippen LogP contribution in [0.2, 0.25) is 0 Å². The molecule has 2 heterocycles. The topological polar surface area (TPSA) is 67.6 Å². The molecule has 0 amide bonds. The molecule has 4 heteroatoms. The van der Waals surface area contributed by atoms with Crippen LogP contribution in [-0.2, 0) is 0 Å². The first kappa shape index (κ1) is 7.09. The molecule has 0 spiro atoms. The summed E-state index contributed by atoms with van der Waals surface area (Å²) in [5.41, 5.74) is 7.63. The van der Waals surface area contributed by atoms with E-state index in [0.29, 0.717) is 11.6 Å². The minimum atomic E-state index is 0.552. The summed E-state index contributed by atoms with van der Waals surface area (Å²) in [7, 11) is 0. The van der Waals surface area contributed by atoms with Gasteiger partial charge in [0.25, 0.3) is 0 Å². The monoisotopic (exact) mass is 162 g/mol. The van der Waals surface area contributed by atoms with Crippen LogP contribution in [0.25, 0.3) is 11.0 Å². The lowest BCUT2D eigenvalue weighted by atomic mass is 10.2.